The molecule has 0 saturated carbocycles. The number of hydrogen-bond donors (Lipinski definition) is 1. The Morgan fingerprint density at radius 3 is 2.13 bits per heavy atom. The summed E-state index contributed by atoms with van der Waals surface area (Å²) in [6.45, 7) is 3.52. The molecular weight excluding hydrogens is 309 g/mol. The lowest BCUT2D eigenvalue weighted by Gasteiger charge is -2.31. The van der Waals surface area contributed by atoms with Crippen LogP contribution in [0.15, 0.2) is 24.3 Å². The molecule has 0 aliphatic heterocycles. The Balaban J connectivity index is 2.96. The van der Waals surface area contributed by atoms with Crippen LogP contribution in [-0.4, -0.2) is 36.0 Å². The van der Waals surface area contributed by atoms with E-state index in [1.54, 1.807) is 12.1 Å². The number of hydrogen-bond acceptors (Lipinski definition) is 2. The van der Waals surface area contributed by atoms with Gasteiger partial charge in [0.15, 0.2) is 0 Å². The third kappa shape index (κ3) is 4.97. The third-order valence-corrected chi connectivity index (χ3v) is 3.85. The Morgan fingerprint density at radius 1 is 1.22 bits per heavy atom. The van der Waals surface area contributed by atoms with Crippen molar-refractivity contribution in [2.45, 2.75) is 44.8 Å². The molecule has 2 unspecified atom stereocenters. The van der Waals surface area contributed by atoms with Crippen LogP contribution in [0.3, 0.4) is 0 Å². The number of nitrogens with zero attached hydrogens (tertiary/aromatic N) is 1. The maximum atomic E-state index is 13.1. The zero-order valence-electron chi connectivity index (χ0n) is 13.4. The van der Waals surface area contributed by atoms with Gasteiger partial charge in [0.05, 0.1) is 12.3 Å². The van der Waals surface area contributed by atoms with E-state index in [0.717, 1.165) is 19.0 Å². The second-order valence-corrected chi connectivity index (χ2v) is 5.49. The Labute approximate surface area is 133 Å². The fourth-order valence-corrected chi connectivity index (χ4v) is 2.31. The van der Waals surface area contributed by atoms with Crippen molar-refractivity contribution in [3.8, 4) is 0 Å². The number of alkyl halides is 3. The first-order valence-corrected chi connectivity index (χ1v) is 7.28. The van der Waals surface area contributed by atoms with Crippen LogP contribution in [0.2, 0.25) is 0 Å². The summed E-state index contributed by atoms with van der Waals surface area (Å²) in [6.07, 6.45) is -4.84. The molecule has 2 amide bonds. The van der Waals surface area contributed by atoms with Crippen molar-refractivity contribution in [3.05, 3.63) is 35.4 Å². The number of nitrogens with two attached hydrogens (primary N) is 1. The predicted molar refractivity (Wildman–Crippen MR) is 80.7 cm³/mol. The minimum atomic E-state index is -4.72. The summed E-state index contributed by atoms with van der Waals surface area (Å²) in [5.41, 5.74) is 6.57. The van der Waals surface area contributed by atoms with Gasteiger partial charge in [0.2, 0.25) is 11.8 Å². The highest BCUT2D eigenvalue weighted by molar-refractivity contribution is 5.84. The molecule has 4 nitrogen and oxygen atoms in total. The lowest BCUT2D eigenvalue weighted by molar-refractivity contribution is -0.189. The summed E-state index contributed by atoms with van der Waals surface area (Å²) in [7, 11) is 1.04. The predicted octanol–water partition coefficient (Wildman–Crippen LogP) is 2.62. The van der Waals surface area contributed by atoms with E-state index >= 15 is 0 Å². The lowest BCUT2D eigenvalue weighted by Crippen LogP contribution is -2.49. The van der Waals surface area contributed by atoms with Gasteiger partial charge in [0.25, 0.3) is 0 Å². The number of halogens is 3. The van der Waals surface area contributed by atoms with Gasteiger partial charge in [-0.2, -0.15) is 13.2 Å². The van der Waals surface area contributed by atoms with Gasteiger partial charge in [-0.25, -0.2) is 0 Å². The minimum Gasteiger partial charge on any atom is -0.370 e. The normalized spacial score (nSPS) is 14.2. The summed E-state index contributed by atoms with van der Waals surface area (Å²) in [5, 5.41) is 0. The van der Waals surface area contributed by atoms with Crippen LogP contribution < -0.4 is 5.73 Å². The van der Waals surface area contributed by atoms with Crippen molar-refractivity contribution in [1.82, 2.24) is 4.90 Å². The quantitative estimate of drug-likeness (QED) is 0.871. The third-order valence-electron chi connectivity index (χ3n) is 3.85. The molecule has 0 aliphatic carbocycles. The van der Waals surface area contributed by atoms with Crippen molar-refractivity contribution in [3.63, 3.8) is 0 Å². The second kappa shape index (κ2) is 7.48. The molecule has 0 heterocycles. The molecule has 7 heteroatoms. The topological polar surface area (TPSA) is 63.4 Å². The Morgan fingerprint density at radius 2 is 1.74 bits per heavy atom. The molecule has 0 saturated heterocycles. The molecule has 23 heavy (non-hydrogen) atoms. The minimum absolute atomic E-state index is 0.559. The van der Waals surface area contributed by atoms with Crippen LogP contribution in [0.1, 0.15) is 37.3 Å². The van der Waals surface area contributed by atoms with E-state index in [0.29, 0.717) is 10.5 Å². The average molecular weight is 330 g/mol. The molecule has 0 bridgehead atoms. The first-order valence-electron chi connectivity index (χ1n) is 7.28. The van der Waals surface area contributed by atoms with Gasteiger partial charge in [-0.1, -0.05) is 31.2 Å². The molecular formula is C16H21F3N2O2. The van der Waals surface area contributed by atoms with E-state index in [2.05, 4.69) is 0 Å². The number of likely N-dealkylation sites (N-methyl/N-ethyl adjacent to an activating group) is 1. The van der Waals surface area contributed by atoms with Gasteiger partial charge < -0.3 is 10.6 Å². The summed E-state index contributed by atoms with van der Waals surface area (Å²) in [6, 6.07) is 4.91. The molecule has 1 rings (SSSR count). The number of benzene rings is 1. The number of primary amides is 1. The summed E-state index contributed by atoms with van der Waals surface area (Å²) in [4.78, 5) is 23.8. The summed E-state index contributed by atoms with van der Waals surface area (Å²) < 4.78 is 39.2. The van der Waals surface area contributed by atoms with Crippen LogP contribution in [0.4, 0.5) is 13.2 Å². The molecule has 0 radical (unpaired) electrons. The number of carbonyl (C=O) groups is 2. The molecule has 0 spiro atoms. The fourth-order valence-electron chi connectivity index (χ4n) is 2.31. The van der Waals surface area contributed by atoms with Crippen molar-refractivity contribution < 1.29 is 22.8 Å². The van der Waals surface area contributed by atoms with E-state index in [-0.39, 0.29) is 0 Å². The van der Waals surface area contributed by atoms with Gasteiger partial charge in [-0.15, -0.1) is 0 Å². The highest BCUT2D eigenvalue weighted by Crippen LogP contribution is 2.29. The highest BCUT2D eigenvalue weighted by Gasteiger charge is 2.45. The molecule has 128 valence electrons. The van der Waals surface area contributed by atoms with Crippen molar-refractivity contribution >= 4 is 11.8 Å². The average Bonchev–Trinajstić information content (AvgIpc) is 2.49. The standard InChI is InChI=1S/C16H21F3N2O2/c1-4-11-5-7-12(8-6-11)10(2)15(23)21(3)13(9-14(20)22)16(17,18)19/h5-8,10,13H,4,9H2,1-3H3,(H2,20,22). The zero-order valence-corrected chi connectivity index (χ0v) is 13.4. The molecule has 2 atom stereocenters. The zero-order chi connectivity index (χ0) is 17.8. The van der Waals surface area contributed by atoms with Gasteiger partial charge in [-0.05, 0) is 24.5 Å². The fraction of sp³-hybridized carbons (Fsp3) is 0.500. The van der Waals surface area contributed by atoms with E-state index in [9.17, 15) is 22.8 Å². The van der Waals surface area contributed by atoms with Crippen molar-refractivity contribution in [2.24, 2.45) is 5.73 Å². The lowest BCUT2D eigenvalue weighted by atomic mass is 9.97. The van der Waals surface area contributed by atoms with E-state index in [1.165, 1.54) is 6.92 Å². The van der Waals surface area contributed by atoms with Crippen LogP contribution in [0.25, 0.3) is 0 Å². The smallest absolute Gasteiger partial charge is 0.370 e. The molecule has 0 aromatic heterocycles. The van der Waals surface area contributed by atoms with Crippen molar-refractivity contribution in [2.75, 3.05) is 7.05 Å². The number of aryl methyl sites for hydroxylation is 1. The first-order chi connectivity index (χ1) is 10.6. The van der Waals surface area contributed by atoms with Crippen LogP contribution in [-0.2, 0) is 16.0 Å². The van der Waals surface area contributed by atoms with Crippen LogP contribution in [0.5, 0.6) is 0 Å². The van der Waals surface area contributed by atoms with Gasteiger partial charge in [0.1, 0.15) is 6.04 Å². The van der Waals surface area contributed by atoms with Crippen LogP contribution >= 0.6 is 0 Å². The SMILES string of the molecule is CCc1ccc(C(C)C(=O)N(C)C(CC(N)=O)C(F)(F)F)cc1. The number of rotatable bonds is 6. The Kier molecular flexibility index (Phi) is 6.18. The van der Waals surface area contributed by atoms with Crippen molar-refractivity contribution in [1.29, 1.82) is 0 Å². The maximum absolute atomic E-state index is 13.1. The largest absolute Gasteiger partial charge is 0.409 e. The van der Waals surface area contributed by atoms with Gasteiger partial charge in [0, 0.05) is 7.05 Å². The molecule has 1 aromatic carbocycles. The van der Waals surface area contributed by atoms with E-state index in [1.807, 2.05) is 19.1 Å². The monoisotopic (exact) mass is 330 g/mol. The maximum Gasteiger partial charge on any atom is 0.409 e. The molecule has 0 fully saturated rings. The highest BCUT2D eigenvalue weighted by atomic mass is 19.4. The second-order valence-electron chi connectivity index (χ2n) is 5.49. The van der Waals surface area contributed by atoms with Crippen LogP contribution in [0, 0.1) is 0 Å². The summed E-state index contributed by atoms with van der Waals surface area (Å²) >= 11 is 0. The molecule has 2 N–H and O–H groups in total. The molecule has 1 aromatic rings. The van der Waals surface area contributed by atoms with Gasteiger partial charge in [-0.3, -0.25) is 9.59 Å². The van der Waals surface area contributed by atoms with E-state index < -0.39 is 36.4 Å². The number of amides is 2. The molecule has 0 aliphatic rings. The Bertz CT molecular complexity index is 555. The Hall–Kier alpha value is -2.05. The summed E-state index contributed by atoms with van der Waals surface area (Å²) in [5.74, 6) is -2.56. The van der Waals surface area contributed by atoms with E-state index in [4.69, 9.17) is 5.73 Å². The van der Waals surface area contributed by atoms with Gasteiger partial charge >= 0.3 is 6.18 Å². The first kappa shape index (κ1) is 19.0. The number of carbonyl (C=O) groups excluding carboxylic acids is 2.